The van der Waals surface area contributed by atoms with Crippen molar-refractivity contribution in [2.24, 2.45) is 0 Å². The Morgan fingerprint density at radius 1 is 1.06 bits per heavy atom. The Balaban J connectivity index is 1.20. The van der Waals surface area contributed by atoms with Crippen molar-refractivity contribution in [3.05, 3.63) is 65.7 Å². The van der Waals surface area contributed by atoms with Crippen LogP contribution in [0.3, 0.4) is 0 Å². The lowest BCUT2D eigenvalue weighted by Crippen LogP contribution is -2.40. The van der Waals surface area contributed by atoms with Crippen molar-refractivity contribution >= 4 is 5.91 Å². The van der Waals surface area contributed by atoms with Crippen LogP contribution < -0.4 is 10.1 Å². The largest absolute Gasteiger partial charge is 0.490 e. The maximum atomic E-state index is 12.5. The van der Waals surface area contributed by atoms with E-state index < -0.39 is 0 Å². The second-order valence-corrected chi connectivity index (χ2v) is 8.20. The smallest absolute Gasteiger partial charge is 0.251 e. The van der Waals surface area contributed by atoms with Gasteiger partial charge in [0.15, 0.2) is 0 Å². The number of ether oxygens (including phenoxy) is 3. The highest BCUT2D eigenvalue weighted by atomic mass is 16.6. The van der Waals surface area contributed by atoms with Gasteiger partial charge >= 0.3 is 0 Å². The number of piperidine rings is 1. The van der Waals surface area contributed by atoms with Crippen molar-refractivity contribution in [1.82, 2.24) is 10.2 Å². The molecule has 0 unspecified atom stereocenters. The summed E-state index contributed by atoms with van der Waals surface area (Å²) in [7, 11) is 0. The zero-order chi connectivity index (χ0) is 21.3. The lowest BCUT2D eigenvalue weighted by molar-refractivity contribution is -0.0855. The highest BCUT2D eigenvalue weighted by Crippen LogP contribution is 2.20. The van der Waals surface area contributed by atoms with Crippen molar-refractivity contribution < 1.29 is 19.0 Å². The molecule has 1 N–H and O–H groups in total. The molecule has 2 aromatic carbocycles. The van der Waals surface area contributed by atoms with E-state index in [0.29, 0.717) is 31.9 Å². The first-order valence-corrected chi connectivity index (χ1v) is 11.3. The highest BCUT2D eigenvalue weighted by Gasteiger charge is 2.21. The van der Waals surface area contributed by atoms with E-state index in [0.717, 1.165) is 44.6 Å². The van der Waals surface area contributed by atoms with Gasteiger partial charge in [0.1, 0.15) is 11.9 Å². The molecular formula is C25H32N2O4. The van der Waals surface area contributed by atoms with Crippen molar-refractivity contribution in [3.8, 4) is 5.75 Å². The molecule has 0 aliphatic carbocycles. The maximum Gasteiger partial charge on any atom is 0.251 e. The number of carbonyl (C=O) groups excluding carboxylic acids is 1. The molecule has 1 amide bonds. The fourth-order valence-corrected chi connectivity index (χ4v) is 4.05. The van der Waals surface area contributed by atoms with Gasteiger partial charge in [-0.05, 0) is 43.0 Å². The minimum Gasteiger partial charge on any atom is -0.490 e. The summed E-state index contributed by atoms with van der Waals surface area (Å²) in [4.78, 5) is 15.0. The molecule has 4 rings (SSSR count). The van der Waals surface area contributed by atoms with E-state index >= 15 is 0 Å². The van der Waals surface area contributed by atoms with Crippen LogP contribution in [-0.2, 0) is 15.9 Å². The molecule has 0 radical (unpaired) electrons. The summed E-state index contributed by atoms with van der Waals surface area (Å²) in [6.45, 7) is 5.34. The van der Waals surface area contributed by atoms with Crippen LogP contribution in [0, 0.1) is 0 Å². The van der Waals surface area contributed by atoms with Crippen LogP contribution in [0.2, 0.25) is 0 Å². The van der Waals surface area contributed by atoms with Crippen LogP contribution in [0.4, 0.5) is 0 Å². The van der Waals surface area contributed by atoms with Gasteiger partial charge in [-0.2, -0.15) is 0 Å². The molecule has 2 fully saturated rings. The number of benzene rings is 2. The summed E-state index contributed by atoms with van der Waals surface area (Å²) in [5, 5.41) is 2.93. The number of rotatable bonds is 8. The number of nitrogens with one attached hydrogen (secondary N) is 1. The van der Waals surface area contributed by atoms with E-state index in [2.05, 4.69) is 40.5 Å². The molecule has 31 heavy (non-hydrogen) atoms. The predicted molar refractivity (Wildman–Crippen MR) is 120 cm³/mol. The molecule has 2 aliphatic heterocycles. The standard InChI is InChI=1S/C25H32N2O4/c28-25(26-18-24-19-29-15-16-30-24)21-7-4-8-23(17-21)31-22-10-13-27(14-11-22)12-9-20-5-2-1-3-6-20/h1-8,17,22,24H,9-16,18-19H2,(H,26,28)/t24-/m0/s1. The van der Waals surface area contributed by atoms with Gasteiger partial charge < -0.3 is 24.4 Å². The van der Waals surface area contributed by atoms with Crippen LogP contribution in [0.5, 0.6) is 5.75 Å². The highest BCUT2D eigenvalue weighted by molar-refractivity contribution is 5.94. The van der Waals surface area contributed by atoms with Crippen molar-refractivity contribution in [2.75, 3.05) is 46.0 Å². The molecule has 2 aromatic rings. The quantitative estimate of drug-likeness (QED) is 0.706. The number of hydrogen-bond acceptors (Lipinski definition) is 5. The Bertz CT molecular complexity index is 815. The van der Waals surface area contributed by atoms with E-state index in [4.69, 9.17) is 14.2 Å². The number of hydrogen-bond donors (Lipinski definition) is 1. The van der Waals surface area contributed by atoms with Gasteiger partial charge in [0.2, 0.25) is 0 Å². The molecule has 0 saturated carbocycles. The first kappa shape index (κ1) is 21.8. The summed E-state index contributed by atoms with van der Waals surface area (Å²) in [6.07, 6.45) is 3.21. The van der Waals surface area contributed by atoms with Gasteiger partial charge in [-0.25, -0.2) is 0 Å². The van der Waals surface area contributed by atoms with Gasteiger partial charge in [-0.3, -0.25) is 4.79 Å². The fraction of sp³-hybridized carbons (Fsp3) is 0.480. The van der Waals surface area contributed by atoms with E-state index in [9.17, 15) is 4.79 Å². The summed E-state index contributed by atoms with van der Waals surface area (Å²) < 4.78 is 17.1. The van der Waals surface area contributed by atoms with Gasteiger partial charge in [0.25, 0.3) is 5.91 Å². The average Bonchev–Trinajstić information content (AvgIpc) is 2.83. The Hall–Kier alpha value is -2.41. The molecule has 0 bridgehead atoms. The minimum atomic E-state index is -0.115. The Morgan fingerprint density at radius 2 is 1.90 bits per heavy atom. The number of amides is 1. The monoisotopic (exact) mass is 424 g/mol. The van der Waals surface area contributed by atoms with Crippen molar-refractivity contribution in [1.29, 1.82) is 0 Å². The normalized spacial score (nSPS) is 20.3. The van der Waals surface area contributed by atoms with Gasteiger partial charge in [0.05, 0.1) is 25.9 Å². The van der Waals surface area contributed by atoms with E-state index in [1.807, 2.05) is 24.3 Å². The zero-order valence-electron chi connectivity index (χ0n) is 18.0. The molecule has 1 atom stereocenters. The molecule has 2 aliphatic rings. The van der Waals surface area contributed by atoms with E-state index in [1.165, 1.54) is 5.56 Å². The lowest BCUT2D eigenvalue weighted by atomic mass is 10.1. The molecule has 2 saturated heterocycles. The molecule has 2 heterocycles. The van der Waals surface area contributed by atoms with Gasteiger partial charge in [-0.15, -0.1) is 0 Å². The molecule has 0 spiro atoms. The maximum absolute atomic E-state index is 12.5. The average molecular weight is 425 g/mol. The lowest BCUT2D eigenvalue weighted by Gasteiger charge is -2.32. The Labute approximate surface area is 184 Å². The molecule has 0 aromatic heterocycles. The predicted octanol–water partition coefficient (Wildman–Crippen LogP) is 2.92. The summed E-state index contributed by atoms with van der Waals surface area (Å²) in [5.41, 5.74) is 1.99. The molecule has 166 valence electrons. The third-order valence-corrected chi connectivity index (χ3v) is 5.87. The van der Waals surface area contributed by atoms with E-state index in [-0.39, 0.29) is 18.1 Å². The first-order chi connectivity index (χ1) is 15.3. The first-order valence-electron chi connectivity index (χ1n) is 11.3. The number of nitrogens with zero attached hydrogens (tertiary/aromatic N) is 1. The number of likely N-dealkylation sites (tertiary alicyclic amines) is 1. The molecular weight excluding hydrogens is 392 g/mol. The summed E-state index contributed by atoms with van der Waals surface area (Å²) >= 11 is 0. The Morgan fingerprint density at radius 3 is 2.68 bits per heavy atom. The molecule has 6 heteroatoms. The SMILES string of the molecule is O=C(NC[C@H]1COCCO1)c1cccc(OC2CCN(CCc3ccccc3)CC2)c1. The van der Waals surface area contributed by atoms with Crippen molar-refractivity contribution in [3.63, 3.8) is 0 Å². The van der Waals surface area contributed by atoms with Gasteiger partial charge in [0, 0.05) is 31.7 Å². The second-order valence-electron chi connectivity index (χ2n) is 8.20. The third-order valence-electron chi connectivity index (χ3n) is 5.87. The zero-order valence-corrected chi connectivity index (χ0v) is 18.0. The second kappa shape index (κ2) is 11.3. The third kappa shape index (κ3) is 6.79. The summed E-state index contributed by atoms with van der Waals surface area (Å²) in [6, 6.07) is 18.1. The number of carbonyl (C=O) groups is 1. The van der Waals surface area contributed by atoms with Crippen molar-refractivity contribution in [2.45, 2.75) is 31.5 Å². The van der Waals surface area contributed by atoms with Crippen LogP contribution in [-0.4, -0.2) is 69.0 Å². The van der Waals surface area contributed by atoms with Crippen LogP contribution in [0.1, 0.15) is 28.8 Å². The fourth-order valence-electron chi connectivity index (χ4n) is 4.05. The topological polar surface area (TPSA) is 60.0 Å². The van der Waals surface area contributed by atoms with Gasteiger partial charge in [-0.1, -0.05) is 36.4 Å². The van der Waals surface area contributed by atoms with Crippen LogP contribution in [0.25, 0.3) is 0 Å². The molecule has 6 nitrogen and oxygen atoms in total. The van der Waals surface area contributed by atoms with E-state index in [1.54, 1.807) is 0 Å². The Kier molecular flexibility index (Phi) is 7.93. The summed E-state index contributed by atoms with van der Waals surface area (Å²) in [5.74, 6) is 0.642. The van der Waals surface area contributed by atoms with Crippen LogP contribution in [0.15, 0.2) is 54.6 Å². The van der Waals surface area contributed by atoms with Crippen LogP contribution >= 0.6 is 0 Å². The minimum absolute atomic E-state index is 0.0794.